The number of rotatable bonds is 9. The zero-order valence-corrected chi connectivity index (χ0v) is 11.4. The third kappa shape index (κ3) is 6.42. The average molecular weight is 262 g/mol. The molecule has 0 saturated carbocycles. The molecule has 0 amide bonds. The van der Waals surface area contributed by atoms with Gasteiger partial charge in [0.2, 0.25) is 0 Å². The second-order valence-electron chi connectivity index (χ2n) is 3.74. The van der Waals surface area contributed by atoms with Crippen molar-refractivity contribution < 1.29 is 27.7 Å². The van der Waals surface area contributed by atoms with Gasteiger partial charge in [-0.3, -0.25) is 0 Å². The van der Waals surface area contributed by atoms with E-state index in [9.17, 15) is 14.4 Å². The van der Waals surface area contributed by atoms with Gasteiger partial charge in [-0.05, 0) is 20.8 Å². The Labute approximate surface area is 102 Å². The summed E-state index contributed by atoms with van der Waals surface area (Å²) in [5, 5.41) is 0. The summed E-state index contributed by atoms with van der Waals surface area (Å²) in [6, 6.07) is 0. The van der Waals surface area contributed by atoms with Gasteiger partial charge in [-0.1, -0.05) is 0 Å². The molecule has 6 nitrogen and oxygen atoms in total. The summed E-state index contributed by atoms with van der Waals surface area (Å²) >= 11 is 0. The first-order valence-electron chi connectivity index (χ1n) is 5.26. The zero-order valence-electron chi connectivity index (χ0n) is 10.4. The highest BCUT2D eigenvalue weighted by atomic mass is 28.4. The third-order valence-electron chi connectivity index (χ3n) is 1.77. The van der Waals surface area contributed by atoms with Gasteiger partial charge in [0.1, 0.15) is 37.2 Å². The van der Waals surface area contributed by atoms with Crippen molar-refractivity contribution in [2.24, 2.45) is 0 Å². The topological polar surface area (TPSA) is 78.9 Å². The van der Waals surface area contributed by atoms with E-state index in [4.69, 9.17) is 13.3 Å². The van der Waals surface area contributed by atoms with Crippen molar-refractivity contribution in [1.29, 1.82) is 0 Å². The molecular formula is C10H18O6Si. The van der Waals surface area contributed by atoms with E-state index in [1.54, 1.807) is 0 Å². The third-order valence-corrected chi connectivity index (χ3v) is 4.17. The number of carbonyl (C=O) groups is 3. The number of hydrogen-bond donors (Lipinski definition) is 0. The Kier molecular flexibility index (Phi) is 7.05. The van der Waals surface area contributed by atoms with E-state index in [2.05, 4.69) is 0 Å². The summed E-state index contributed by atoms with van der Waals surface area (Å²) in [4.78, 5) is 31.6. The molecule has 3 unspecified atom stereocenters. The molecule has 0 saturated heterocycles. The highest BCUT2D eigenvalue weighted by Crippen LogP contribution is 2.15. The van der Waals surface area contributed by atoms with Crippen LogP contribution >= 0.6 is 0 Å². The molecule has 0 aromatic heterocycles. The Bertz CT molecular complexity index is 229. The molecule has 0 aliphatic rings. The molecule has 0 rings (SSSR count). The molecule has 17 heavy (non-hydrogen) atoms. The molecule has 0 fully saturated rings. The molecular weight excluding hydrogens is 244 g/mol. The number of aldehydes is 3. The lowest BCUT2D eigenvalue weighted by Crippen LogP contribution is -2.49. The average Bonchev–Trinajstić information content (AvgIpc) is 2.27. The normalized spacial score (nSPS) is 19.8. The fraction of sp³-hybridized carbons (Fsp3) is 0.700. The van der Waals surface area contributed by atoms with Crippen LogP contribution in [0.25, 0.3) is 0 Å². The molecule has 0 heterocycles. The lowest BCUT2D eigenvalue weighted by molar-refractivity contribution is -0.121. The van der Waals surface area contributed by atoms with Crippen molar-refractivity contribution in [2.45, 2.75) is 45.6 Å². The van der Waals surface area contributed by atoms with Crippen molar-refractivity contribution in [2.75, 3.05) is 0 Å². The van der Waals surface area contributed by atoms with E-state index >= 15 is 0 Å². The van der Waals surface area contributed by atoms with Crippen LogP contribution in [-0.4, -0.2) is 46.0 Å². The van der Waals surface area contributed by atoms with Crippen LogP contribution in [0.1, 0.15) is 20.8 Å². The fourth-order valence-corrected chi connectivity index (χ4v) is 3.54. The van der Waals surface area contributed by atoms with Gasteiger partial charge in [0.15, 0.2) is 0 Å². The molecule has 0 bridgehead atoms. The summed E-state index contributed by atoms with van der Waals surface area (Å²) < 4.78 is 16.0. The lowest BCUT2D eigenvalue weighted by Gasteiger charge is -2.30. The van der Waals surface area contributed by atoms with E-state index in [0.717, 1.165) is 0 Å². The monoisotopic (exact) mass is 262 g/mol. The summed E-state index contributed by atoms with van der Waals surface area (Å²) in [5.41, 5.74) is 0. The van der Waals surface area contributed by atoms with Crippen LogP contribution < -0.4 is 0 Å². The Morgan fingerprint density at radius 3 is 1.18 bits per heavy atom. The largest absolute Gasteiger partial charge is 0.499 e. The second kappa shape index (κ2) is 7.44. The first kappa shape index (κ1) is 16.1. The van der Waals surface area contributed by atoms with Gasteiger partial charge in [-0.25, -0.2) is 0 Å². The van der Waals surface area contributed by atoms with Crippen LogP contribution in [-0.2, 0) is 27.7 Å². The molecule has 0 aromatic rings. The standard InChI is InChI=1S/C10H18O6Si/c1-8(5-11)14-17(4,15-9(2)6-12)16-10(3)7-13/h5-10H,1-4H3. The molecule has 3 atom stereocenters. The molecule has 0 aromatic carbocycles. The minimum absolute atomic E-state index is 0.592. The fourth-order valence-electron chi connectivity index (χ4n) is 1.18. The van der Waals surface area contributed by atoms with E-state index in [-0.39, 0.29) is 0 Å². The molecule has 0 radical (unpaired) electrons. The maximum atomic E-state index is 10.5. The van der Waals surface area contributed by atoms with Gasteiger partial charge >= 0.3 is 8.80 Å². The second-order valence-corrected chi connectivity index (χ2v) is 6.17. The smallest absolute Gasteiger partial charge is 0.364 e. The van der Waals surface area contributed by atoms with Crippen molar-refractivity contribution in [3.63, 3.8) is 0 Å². The van der Waals surface area contributed by atoms with Crippen LogP contribution in [0.2, 0.25) is 6.55 Å². The van der Waals surface area contributed by atoms with E-state index < -0.39 is 27.1 Å². The van der Waals surface area contributed by atoms with Crippen LogP contribution in [0.5, 0.6) is 0 Å². The lowest BCUT2D eigenvalue weighted by atomic mass is 10.5. The summed E-state index contributed by atoms with van der Waals surface area (Å²) in [6.45, 7) is 6.12. The van der Waals surface area contributed by atoms with Gasteiger partial charge in [0.05, 0.1) is 0 Å². The highest BCUT2D eigenvalue weighted by molar-refractivity contribution is 6.59. The molecule has 0 N–H and O–H groups in total. The summed E-state index contributed by atoms with van der Waals surface area (Å²) in [6.07, 6.45) is -0.377. The van der Waals surface area contributed by atoms with E-state index in [1.165, 1.54) is 27.3 Å². The van der Waals surface area contributed by atoms with Crippen LogP contribution in [0.15, 0.2) is 0 Å². The highest BCUT2D eigenvalue weighted by Gasteiger charge is 2.40. The van der Waals surface area contributed by atoms with E-state index in [0.29, 0.717) is 18.9 Å². The Morgan fingerprint density at radius 1 is 0.765 bits per heavy atom. The molecule has 98 valence electrons. The molecule has 0 aliphatic carbocycles. The van der Waals surface area contributed by atoms with Crippen molar-refractivity contribution in [1.82, 2.24) is 0 Å². The van der Waals surface area contributed by atoms with Crippen LogP contribution in [0.3, 0.4) is 0 Å². The predicted molar refractivity (Wildman–Crippen MR) is 61.5 cm³/mol. The molecule has 0 aliphatic heterocycles. The van der Waals surface area contributed by atoms with Crippen molar-refractivity contribution in [3.05, 3.63) is 0 Å². The van der Waals surface area contributed by atoms with Gasteiger partial charge in [-0.15, -0.1) is 0 Å². The predicted octanol–water partition coefficient (Wildman–Crippen LogP) is 0.367. The van der Waals surface area contributed by atoms with Gasteiger partial charge in [0.25, 0.3) is 0 Å². The minimum atomic E-state index is -3.20. The Balaban J connectivity index is 4.71. The van der Waals surface area contributed by atoms with Crippen molar-refractivity contribution >= 4 is 27.7 Å². The van der Waals surface area contributed by atoms with Gasteiger partial charge in [-0.2, -0.15) is 0 Å². The SMILES string of the molecule is CC(C=O)O[Si](C)(OC(C)C=O)OC(C)C=O. The van der Waals surface area contributed by atoms with Crippen LogP contribution in [0.4, 0.5) is 0 Å². The Hall–Kier alpha value is -0.893. The van der Waals surface area contributed by atoms with Gasteiger partial charge < -0.3 is 27.7 Å². The molecule has 7 heteroatoms. The quantitative estimate of drug-likeness (QED) is 0.441. The van der Waals surface area contributed by atoms with Crippen LogP contribution in [0, 0.1) is 0 Å². The Morgan fingerprint density at radius 2 is 1.00 bits per heavy atom. The zero-order chi connectivity index (χ0) is 13.5. The van der Waals surface area contributed by atoms with E-state index in [1.807, 2.05) is 0 Å². The minimum Gasteiger partial charge on any atom is -0.364 e. The maximum Gasteiger partial charge on any atom is 0.499 e. The van der Waals surface area contributed by atoms with Crippen molar-refractivity contribution in [3.8, 4) is 0 Å². The number of carbonyl (C=O) groups excluding carboxylic acids is 3. The molecule has 0 spiro atoms. The first-order chi connectivity index (χ1) is 7.86. The first-order valence-corrected chi connectivity index (χ1v) is 7.48. The maximum absolute atomic E-state index is 10.5. The summed E-state index contributed by atoms with van der Waals surface area (Å²) in [5.74, 6) is 0. The summed E-state index contributed by atoms with van der Waals surface area (Å²) in [7, 11) is -3.20. The number of hydrogen-bond acceptors (Lipinski definition) is 6. The van der Waals surface area contributed by atoms with Gasteiger partial charge in [0, 0.05) is 6.55 Å².